The van der Waals surface area contributed by atoms with Crippen LogP contribution in [0.25, 0.3) is 10.9 Å². The molecule has 3 aromatic rings. The Balaban J connectivity index is 0.000000200. The van der Waals surface area contributed by atoms with Crippen molar-refractivity contribution in [3.05, 3.63) is 65.9 Å². The molecule has 28 heavy (non-hydrogen) atoms. The van der Waals surface area contributed by atoms with Gasteiger partial charge in [0.05, 0.1) is 0 Å². The Labute approximate surface area is 169 Å². The van der Waals surface area contributed by atoms with Gasteiger partial charge in [-0.3, -0.25) is 4.79 Å². The fourth-order valence-corrected chi connectivity index (χ4v) is 3.18. The Morgan fingerprint density at radius 3 is 2.11 bits per heavy atom. The smallest absolute Gasteiger partial charge is 0.165 e. The van der Waals surface area contributed by atoms with Gasteiger partial charge >= 0.3 is 0 Å². The summed E-state index contributed by atoms with van der Waals surface area (Å²) in [5.74, 6) is 0.121. The number of H-pyrrole nitrogens is 1. The molecule has 0 radical (unpaired) electrons. The number of nitrogens with two attached hydrogens (primary N) is 1. The number of rotatable bonds is 3. The van der Waals surface area contributed by atoms with Crippen LogP contribution in [0.5, 0.6) is 0 Å². The number of para-hydroxylation sites is 2. The number of fused-ring (bicyclic) bond motifs is 1. The fraction of sp³-hybridized carbons (Fsp3) is 0.400. The second-order valence-electron chi connectivity index (χ2n) is 9.84. The zero-order valence-corrected chi connectivity index (χ0v) is 18.1. The summed E-state index contributed by atoms with van der Waals surface area (Å²) in [5, 5.41) is 1.36. The SMILES string of the molecule is CC(C)(C)CC(=O)c1ccccc1N.CC(C)(C)Cc1c[nH]c2ccccc12. The molecule has 0 saturated heterocycles. The third kappa shape index (κ3) is 6.56. The number of anilines is 1. The molecular formula is C25H34N2O. The van der Waals surface area contributed by atoms with E-state index in [2.05, 4.69) is 56.2 Å². The van der Waals surface area contributed by atoms with Crippen molar-refractivity contribution >= 4 is 22.4 Å². The molecule has 0 atom stereocenters. The predicted octanol–water partition coefficient (Wildman–Crippen LogP) is 6.64. The minimum absolute atomic E-state index is 0.0133. The maximum Gasteiger partial charge on any atom is 0.165 e. The van der Waals surface area contributed by atoms with Gasteiger partial charge in [-0.1, -0.05) is 71.9 Å². The van der Waals surface area contributed by atoms with Crippen LogP contribution in [0.3, 0.4) is 0 Å². The molecular weight excluding hydrogens is 344 g/mol. The van der Waals surface area contributed by atoms with E-state index in [1.54, 1.807) is 12.1 Å². The van der Waals surface area contributed by atoms with E-state index < -0.39 is 0 Å². The molecule has 3 nitrogen and oxygen atoms in total. The van der Waals surface area contributed by atoms with Crippen molar-refractivity contribution in [1.29, 1.82) is 0 Å². The Morgan fingerprint density at radius 1 is 0.893 bits per heavy atom. The Hall–Kier alpha value is -2.55. The highest BCUT2D eigenvalue weighted by atomic mass is 16.1. The van der Waals surface area contributed by atoms with Gasteiger partial charge in [0.25, 0.3) is 0 Å². The van der Waals surface area contributed by atoms with Gasteiger partial charge in [0.15, 0.2) is 5.78 Å². The van der Waals surface area contributed by atoms with Gasteiger partial charge in [0.2, 0.25) is 0 Å². The van der Waals surface area contributed by atoms with Crippen LogP contribution in [0.15, 0.2) is 54.7 Å². The zero-order chi connectivity index (χ0) is 20.9. The lowest BCUT2D eigenvalue weighted by atomic mass is 9.87. The lowest BCUT2D eigenvalue weighted by Gasteiger charge is -2.17. The van der Waals surface area contributed by atoms with Crippen LogP contribution in [-0.4, -0.2) is 10.8 Å². The molecule has 3 rings (SSSR count). The average molecular weight is 379 g/mol. The molecule has 0 aliphatic heterocycles. The third-order valence-corrected chi connectivity index (χ3v) is 4.35. The van der Waals surface area contributed by atoms with Crippen molar-refractivity contribution in [2.45, 2.75) is 54.4 Å². The number of aromatic amines is 1. The molecule has 0 unspecified atom stereocenters. The van der Waals surface area contributed by atoms with E-state index in [1.165, 1.54) is 16.5 Å². The first-order chi connectivity index (χ1) is 13.0. The summed E-state index contributed by atoms with van der Waals surface area (Å²) in [7, 11) is 0. The highest BCUT2D eigenvalue weighted by Crippen LogP contribution is 2.26. The molecule has 0 aliphatic rings. The Bertz CT molecular complexity index is 923. The standard InChI is InChI=1S/C13H17N.C12H17NO/c1-13(2,3)8-10-9-14-12-7-5-4-6-11(10)12;1-12(2,3)8-11(14)9-6-4-5-7-10(9)13/h4-7,9,14H,8H2,1-3H3;4-7H,8,13H2,1-3H3. The van der Waals surface area contributed by atoms with Crippen LogP contribution in [0.4, 0.5) is 5.69 Å². The molecule has 0 aliphatic carbocycles. The summed E-state index contributed by atoms with van der Waals surface area (Å²) in [6, 6.07) is 15.7. The van der Waals surface area contributed by atoms with Gasteiger partial charge in [0, 0.05) is 34.8 Å². The maximum absolute atomic E-state index is 11.8. The molecule has 3 N–H and O–H groups in total. The monoisotopic (exact) mass is 378 g/mol. The predicted molar refractivity (Wildman–Crippen MR) is 121 cm³/mol. The molecule has 0 amide bonds. The average Bonchev–Trinajstić information content (AvgIpc) is 2.96. The van der Waals surface area contributed by atoms with Gasteiger partial charge in [-0.05, 0) is 41.0 Å². The number of carbonyl (C=O) groups is 1. The van der Waals surface area contributed by atoms with Crippen LogP contribution in [0.1, 0.15) is 63.9 Å². The van der Waals surface area contributed by atoms with Crippen molar-refractivity contribution in [3.63, 3.8) is 0 Å². The molecule has 0 fully saturated rings. The Kier molecular flexibility index (Phi) is 6.71. The number of aromatic nitrogens is 1. The number of hydrogen-bond donors (Lipinski definition) is 2. The van der Waals surface area contributed by atoms with Crippen LogP contribution >= 0.6 is 0 Å². The number of nitrogens with one attached hydrogen (secondary N) is 1. The molecule has 2 aromatic carbocycles. The van der Waals surface area contributed by atoms with Crippen LogP contribution in [0, 0.1) is 10.8 Å². The number of Topliss-reactive ketones (excluding diaryl/α,β-unsaturated/α-hetero) is 1. The normalized spacial score (nSPS) is 11.8. The first kappa shape index (κ1) is 21.7. The summed E-state index contributed by atoms with van der Waals surface area (Å²) in [6.07, 6.45) is 3.79. The topological polar surface area (TPSA) is 58.9 Å². The van der Waals surface area contributed by atoms with E-state index in [1.807, 2.05) is 32.9 Å². The largest absolute Gasteiger partial charge is 0.398 e. The number of ketones is 1. The number of carbonyl (C=O) groups excluding carboxylic acids is 1. The van der Waals surface area contributed by atoms with Crippen LogP contribution < -0.4 is 5.73 Å². The molecule has 150 valence electrons. The summed E-state index contributed by atoms with van der Waals surface area (Å²) < 4.78 is 0. The lowest BCUT2D eigenvalue weighted by molar-refractivity contribution is 0.0941. The molecule has 0 bridgehead atoms. The van der Waals surface area contributed by atoms with E-state index in [4.69, 9.17) is 5.73 Å². The second kappa shape index (κ2) is 8.64. The maximum atomic E-state index is 11.8. The highest BCUT2D eigenvalue weighted by molar-refractivity contribution is 6.00. The minimum atomic E-state index is 0.0133. The van der Waals surface area contributed by atoms with Gasteiger partial charge in [-0.2, -0.15) is 0 Å². The van der Waals surface area contributed by atoms with Crippen molar-refractivity contribution < 1.29 is 4.79 Å². The van der Waals surface area contributed by atoms with E-state index in [0.717, 1.165) is 6.42 Å². The number of nitrogen functional groups attached to an aromatic ring is 1. The first-order valence-corrected chi connectivity index (χ1v) is 9.89. The molecule has 1 aromatic heterocycles. The van der Waals surface area contributed by atoms with E-state index in [0.29, 0.717) is 23.1 Å². The summed E-state index contributed by atoms with van der Waals surface area (Å²) in [6.45, 7) is 13.0. The third-order valence-electron chi connectivity index (χ3n) is 4.35. The van der Waals surface area contributed by atoms with Gasteiger partial charge in [-0.25, -0.2) is 0 Å². The molecule has 0 saturated carbocycles. The summed E-state index contributed by atoms with van der Waals surface area (Å²) in [5.41, 5.74) is 9.96. The molecule has 3 heteroatoms. The van der Waals surface area contributed by atoms with E-state index in [9.17, 15) is 4.79 Å². The van der Waals surface area contributed by atoms with Gasteiger partial charge in [0.1, 0.15) is 0 Å². The van der Waals surface area contributed by atoms with Gasteiger partial charge < -0.3 is 10.7 Å². The minimum Gasteiger partial charge on any atom is -0.398 e. The van der Waals surface area contributed by atoms with E-state index in [-0.39, 0.29) is 11.2 Å². The van der Waals surface area contributed by atoms with Crippen molar-refractivity contribution in [1.82, 2.24) is 4.98 Å². The van der Waals surface area contributed by atoms with Crippen molar-refractivity contribution in [3.8, 4) is 0 Å². The lowest BCUT2D eigenvalue weighted by Crippen LogP contribution is -2.14. The number of hydrogen-bond acceptors (Lipinski definition) is 2. The van der Waals surface area contributed by atoms with Crippen molar-refractivity contribution in [2.75, 3.05) is 5.73 Å². The molecule has 0 spiro atoms. The van der Waals surface area contributed by atoms with Gasteiger partial charge in [-0.15, -0.1) is 0 Å². The summed E-state index contributed by atoms with van der Waals surface area (Å²) >= 11 is 0. The second-order valence-corrected chi connectivity index (χ2v) is 9.84. The van der Waals surface area contributed by atoms with Crippen LogP contribution in [0.2, 0.25) is 0 Å². The van der Waals surface area contributed by atoms with Crippen LogP contribution in [-0.2, 0) is 6.42 Å². The fourth-order valence-electron chi connectivity index (χ4n) is 3.18. The summed E-state index contributed by atoms with van der Waals surface area (Å²) in [4.78, 5) is 15.1. The number of benzene rings is 2. The Morgan fingerprint density at radius 2 is 1.50 bits per heavy atom. The first-order valence-electron chi connectivity index (χ1n) is 9.89. The van der Waals surface area contributed by atoms with E-state index >= 15 is 0 Å². The zero-order valence-electron chi connectivity index (χ0n) is 18.1. The van der Waals surface area contributed by atoms with Crippen molar-refractivity contribution in [2.24, 2.45) is 10.8 Å². The quantitative estimate of drug-likeness (QED) is 0.396. The molecule has 1 heterocycles. The highest BCUT2D eigenvalue weighted by Gasteiger charge is 2.18.